The van der Waals surface area contributed by atoms with E-state index in [-0.39, 0.29) is 17.3 Å². The van der Waals surface area contributed by atoms with Gasteiger partial charge in [-0.25, -0.2) is 9.37 Å². The third-order valence-corrected chi connectivity index (χ3v) is 6.53. The lowest BCUT2D eigenvalue weighted by Crippen LogP contribution is -2.49. The summed E-state index contributed by atoms with van der Waals surface area (Å²) in [5, 5.41) is 5.22. The fraction of sp³-hybridized carbons (Fsp3) is 0.217. The molecular formula is C23H20FN5O2S. The Balaban J connectivity index is 1.35. The number of aromatic nitrogens is 3. The molecule has 0 aliphatic carbocycles. The van der Waals surface area contributed by atoms with E-state index in [2.05, 4.69) is 10.1 Å². The molecule has 32 heavy (non-hydrogen) atoms. The van der Waals surface area contributed by atoms with Crippen molar-refractivity contribution >= 4 is 28.0 Å². The molecule has 3 heterocycles. The van der Waals surface area contributed by atoms with E-state index < -0.39 is 0 Å². The van der Waals surface area contributed by atoms with Crippen molar-refractivity contribution in [3.05, 3.63) is 81.9 Å². The Hall–Kier alpha value is -3.59. The number of carbonyl (C=O) groups is 1. The summed E-state index contributed by atoms with van der Waals surface area (Å²) in [5.41, 5.74) is 2.30. The zero-order valence-corrected chi connectivity index (χ0v) is 18.2. The predicted octanol–water partition coefficient (Wildman–Crippen LogP) is 3.23. The Morgan fingerprint density at radius 1 is 1.03 bits per heavy atom. The van der Waals surface area contributed by atoms with E-state index in [9.17, 15) is 14.0 Å². The second-order valence-corrected chi connectivity index (χ2v) is 8.61. The number of amides is 1. The Morgan fingerprint density at radius 2 is 1.75 bits per heavy atom. The topological polar surface area (TPSA) is 70.8 Å². The molecule has 1 fully saturated rings. The van der Waals surface area contributed by atoms with Crippen molar-refractivity contribution in [2.45, 2.75) is 6.92 Å². The molecule has 0 unspecified atom stereocenters. The number of fused-ring (bicyclic) bond motifs is 1. The average molecular weight is 450 g/mol. The molecule has 0 saturated carbocycles. The van der Waals surface area contributed by atoms with Gasteiger partial charge in [0.2, 0.25) is 4.96 Å². The molecule has 9 heteroatoms. The van der Waals surface area contributed by atoms with Crippen LogP contribution in [0.1, 0.15) is 15.9 Å². The average Bonchev–Trinajstić information content (AvgIpc) is 3.24. The van der Waals surface area contributed by atoms with Gasteiger partial charge in [-0.15, -0.1) is 0 Å². The molecule has 0 N–H and O–H groups in total. The lowest BCUT2D eigenvalue weighted by molar-refractivity contribution is 0.0746. The highest BCUT2D eigenvalue weighted by molar-refractivity contribution is 7.19. The highest BCUT2D eigenvalue weighted by atomic mass is 32.1. The van der Waals surface area contributed by atoms with Gasteiger partial charge < -0.3 is 9.80 Å². The van der Waals surface area contributed by atoms with Crippen LogP contribution in [-0.2, 0) is 0 Å². The van der Waals surface area contributed by atoms with Gasteiger partial charge in [0.15, 0.2) is 0 Å². The second-order valence-electron chi connectivity index (χ2n) is 7.66. The first kappa shape index (κ1) is 20.3. The van der Waals surface area contributed by atoms with Crippen LogP contribution >= 0.6 is 11.3 Å². The molecule has 1 aliphatic heterocycles. The molecule has 5 rings (SSSR count). The number of anilines is 1. The van der Waals surface area contributed by atoms with Gasteiger partial charge in [0, 0.05) is 43.4 Å². The number of piperazine rings is 1. The summed E-state index contributed by atoms with van der Waals surface area (Å²) < 4.78 is 14.5. The van der Waals surface area contributed by atoms with Crippen LogP contribution in [0.15, 0.2) is 59.4 Å². The van der Waals surface area contributed by atoms with Gasteiger partial charge in [0.05, 0.1) is 0 Å². The fourth-order valence-electron chi connectivity index (χ4n) is 3.80. The third kappa shape index (κ3) is 3.75. The number of rotatable bonds is 3. The molecule has 4 aromatic rings. The third-order valence-electron chi connectivity index (χ3n) is 5.59. The summed E-state index contributed by atoms with van der Waals surface area (Å²) in [4.78, 5) is 34.3. The molecule has 1 aliphatic rings. The van der Waals surface area contributed by atoms with E-state index in [1.54, 1.807) is 4.90 Å². The Bertz CT molecular complexity index is 1360. The summed E-state index contributed by atoms with van der Waals surface area (Å²) in [6.07, 6.45) is 0. The van der Waals surface area contributed by atoms with Crippen LogP contribution in [0.5, 0.6) is 0 Å². The SMILES string of the molecule is Cc1ccccc1-c1nn2c(=O)cc(N3CCN(C(=O)c4ccc(F)cc4)CC3)nc2s1. The quantitative estimate of drug-likeness (QED) is 0.480. The molecule has 162 valence electrons. The molecule has 0 bridgehead atoms. The summed E-state index contributed by atoms with van der Waals surface area (Å²) in [6, 6.07) is 15.0. The molecular weight excluding hydrogens is 429 g/mol. The minimum absolute atomic E-state index is 0.126. The second kappa shape index (κ2) is 8.16. The van der Waals surface area contributed by atoms with Gasteiger partial charge >= 0.3 is 0 Å². The molecule has 0 radical (unpaired) electrons. The number of halogens is 1. The van der Waals surface area contributed by atoms with Crippen molar-refractivity contribution in [1.29, 1.82) is 0 Å². The minimum atomic E-state index is -0.368. The number of benzene rings is 2. The van der Waals surface area contributed by atoms with E-state index in [1.165, 1.54) is 46.2 Å². The number of hydrogen-bond donors (Lipinski definition) is 0. The van der Waals surface area contributed by atoms with Crippen LogP contribution < -0.4 is 10.5 Å². The van der Waals surface area contributed by atoms with Crippen LogP contribution in [-0.4, -0.2) is 51.6 Å². The number of hydrogen-bond acceptors (Lipinski definition) is 6. The number of aryl methyl sites for hydroxylation is 1. The molecule has 0 atom stereocenters. The number of nitrogens with zero attached hydrogens (tertiary/aromatic N) is 5. The number of carbonyl (C=O) groups excluding carboxylic acids is 1. The molecule has 1 saturated heterocycles. The summed E-state index contributed by atoms with van der Waals surface area (Å²) in [7, 11) is 0. The van der Waals surface area contributed by atoms with Crippen molar-refractivity contribution in [2.75, 3.05) is 31.1 Å². The monoisotopic (exact) mass is 449 g/mol. The van der Waals surface area contributed by atoms with E-state index in [1.807, 2.05) is 36.1 Å². The fourth-order valence-corrected chi connectivity index (χ4v) is 4.79. The molecule has 7 nitrogen and oxygen atoms in total. The van der Waals surface area contributed by atoms with Crippen molar-refractivity contribution < 1.29 is 9.18 Å². The lowest BCUT2D eigenvalue weighted by Gasteiger charge is -2.35. The van der Waals surface area contributed by atoms with E-state index >= 15 is 0 Å². The first-order chi connectivity index (χ1) is 15.5. The zero-order chi connectivity index (χ0) is 22.2. The van der Waals surface area contributed by atoms with Crippen LogP contribution in [0.2, 0.25) is 0 Å². The molecule has 1 amide bonds. The minimum Gasteiger partial charge on any atom is -0.353 e. The van der Waals surface area contributed by atoms with Gasteiger partial charge in [-0.1, -0.05) is 35.6 Å². The molecule has 0 spiro atoms. The van der Waals surface area contributed by atoms with Gasteiger partial charge in [-0.05, 0) is 36.8 Å². The molecule has 2 aromatic heterocycles. The van der Waals surface area contributed by atoms with Gasteiger partial charge in [-0.3, -0.25) is 9.59 Å². The van der Waals surface area contributed by atoms with Gasteiger partial charge in [-0.2, -0.15) is 9.61 Å². The van der Waals surface area contributed by atoms with Gasteiger partial charge in [0.25, 0.3) is 11.5 Å². The maximum atomic E-state index is 13.1. The maximum absolute atomic E-state index is 13.1. The highest BCUT2D eigenvalue weighted by Crippen LogP contribution is 2.27. The Kier molecular flexibility index (Phi) is 5.18. The van der Waals surface area contributed by atoms with E-state index in [0.29, 0.717) is 42.5 Å². The first-order valence-electron chi connectivity index (χ1n) is 10.3. The Morgan fingerprint density at radius 3 is 2.47 bits per heavy atom. The van der Waals surface area contributed by atoms with Crippen LogP contribution in [0.25, 0.3) is 15.5 Å². The summed E-state index contributed by atoms with van der Waals surface area (Å²) in [6.45, 7) is 4.11. The Labute approximate surface area is 187 Å². The summed E-state index contributed by atoms with van der Waals surface area (Å²) >= 11 is 1.38. The first-order valence-corrected chi connectivity index (χ1v) is 11.1. The highest BCUT2D eigenvalue weighted by Gasteiger charge is 2.24. The van der Waals surface area contributed by atoms with Crippen molar-refractivity contribution in [2.24, 2.45) is 0 Å². The van der Waals surface area contributed by atoms with Crippen molar-refractivity contribution in [3.63, 3.8) is 0 Å². The lowest BCUT2D eigenvalue weighted by atomic mass is 10.1. The van der Waals surface area contributed by atoms with E-state index in [0.717, 1.165) is 16.1 Å². The van der Waals surface area contributed by atoms with Crippen molar-refractivity contribution in [1.82, 2.24) is 19.5 Å². The normalized spacial score (nSPS) is 14.2. The summed E-state index contributed by atoms with van der Waals surface area (Å²) in [5.74, 6) is 0.0927. The zero-order valence-electron chi connectivity index (χ0n) is 17.4. The smallest absolute Gasteiger partial charge is 0.277 e. The van der Waals surface area contributed by atoms with Crippen LogP contribution in [0.3, 0.4) is 0 Å². The van der Waals surface area contributed by atoms with Gasteiger partial charge in [0.1, 0.15) is 16.6 Å². The van der Waals surface area contributed by atoms with Crippen LogP contribution in [0, 0.1) is 12.7 Å². The van der Waals surface area contributed by atoms with Crippen LogP contribution in [0.4, 0.5) is 10.2 Å². The molecule has 2 aromatic carbocycles. The largest absolute Gasteiger partial charge is 0.353 e. The maximum Gasteiger partial charge on any atom is 0.277 e. The van der Waals surface area contributed by atoms with E-state index in [4.69, 9.17) is 0 Å². The van der Waals surface area contributed by atoms with Crippen molar-refractivity contribution in [3.8, 4) is 10.6 Å². The standard InChI is InChI=1S/C23H20FN5O2S/c1-15-4-2-3-5-18(15)21-26-29-20(30)14-19(25-23(29)32-21)27-10-12-28(13-11-27)22(31)16-6-8-17(24)9-7-16/h2-9,14H,10-13H2,1H3. The predicted molar refractivity (Wildman–Crippen MR) is 122 cm³/mol.